The second-order valence-corrected chi connectivity index (χ2v) is 5.65. The van der Waals surface area contributed by atoms with E-state index in [1.54, 1.807) is 13.1 Å². The molecule has 1 saturated heterocycles. The average molecular weight is 312 g/mol. The first-order valence-electron chi connectivity index (χ1n) is 6.37. The molecule has 0 spiro atoms. The molecule has 0 bridgehead atoms. The van der Waals surface area contributed by atoms with E-state index in [1.165, 1.54) is 6.42 Å². The van der Waals surface area contributed by atoms with E-state index in [2.05, 4.69) is 25.9 Å². The third-order valence-corrected chi connectivity index (χ3v) is 3.87. The number of aromatic nitrogens is 2. The molecular formula is C13H18BrN3O. The Kier molecular flexibility index (Phi) is 4.69. The van der Waals surface area contributed by atoms with Gasteiger partial charge in [-0.25, -0.2) is 4.98 Å². The monoisotopic (exact) mass is 311 g/mol. The number of hydrogen-bond acceptors (Lipinski definition) is 3. The Morgan fingerprint density at radius 3 is 2.89 bits per heavy atom. The van der Waals surface area contributed by atoms with Crippen molar-refractivity contribution in [2.45, 2.75) is 32.6 Å². The van der Waals surface area contributed by atoms with Gasteiger partial charge < -0.3 is 4.90 Å². The van der Waals surface area contributed by atoms with Gasteiger partial charge >= 0.3 is 0 Å². The molecule has 2 heterocycles. The summed E-state index contributed by atoms with van der Waals surface area (Å²) in [5.74, 6) is 0.809. The van der Waals surface area contributed by atoms with Gasteiger partial charge in [-0.15, -0.1) is 0 Å². The second kappa shape index (κ2) is 6.27. The average Bonchev–Trinajstić information content (AvgIpc) is 2.58. The molecule has 1 aliphatic heterocycles. The molecule has 4 nitrogen and oxygen atoms in total. The van der Waals surface area contributed by atoms with E-state index in [4.69, 9.17) is 0 Å². The van der Waals surface area contributed by atoms with Crippen molar-refractivity contribution in [3.05, 3.63) is 22.7 Å². The maximum atomic E-state index is 11.4. The molecule has 1 fully saturated rings. The van der Waals surface area contributed by atoms with Gasteiger partial charge in [0.25, 0.3) is 0 Å². The summed E-state index contributed by atoms with van der Waals surface area (Å²) in [6, 6.07) is 0. The highest BCUT2D eigenvalue weighted by Gasteiger charge is 2.19. The lowest BCUT2D eigenvalue weighted by Crippen LogP contribution is -2.29. The van der Waals surface area contributed by atoms with Crippen LogP contribution < -0.4 is 0 Å². The van der Waals surface area contributed by atoms with Gasteiger partial charge in [0.2, 0.25) is 5.91 Å². The molecular weight excluding hydrogens is 294 g/mol. The van der Waals surface area contributed by atoms with E-state index in [1.807, 2.05) is 11.1 Å². The molecule has 1 aromatic heterocycles. The van der Waals surface area contributed by atoms with Gasteiger partial charge in [0.05, 0.1) is 11.9 Å². The fraction of sp³-hybridized carbons (Fsp3) is 0.615. The summed E-state index contributed by atoms with van der Waals surface area (Å²) in [5, 5.41) is 0. The minimum Gasteiger partial charge on any atom is -0.343 e. The van der Waals surface area contributed by atoms with Gasteiger partial charge in [-0.05, 0) is 47.5 Å². The van der Waals surface area contributed by atoms with Crippen LogP contribution in [-0.2, 0) is 11.2 Å². The third kappa shape index (κ3) is 3.77. The maximum Gasteiger partial charge on any atom is 0.219 e. The van der Waals surface area contributed by atoms with E-state index in [0.29, 0.717) is 5.92 Å². The minimum atomic E-state index is 0.194. The normalized spacial score (nSPS) is 20.6. The van der Waals surface area contributed by atoms with Gasteiger partial charge in [-0.3, -0.25) is 9.78 Å². The summed E-state index contributed by atoms with van der Waals surface area (Å²) in [5.41, 5.74) is 1.04. The molecule has 2 rings (SSSR count). The summed E-state index contributed by atoms with van der Waals surface area (Å²) >= 11 is 3.29. The Bertz CT molecular complexity index is 407. The highest BCUT2D eigenvalue weighted by Crippen LogP contribution is 2.21. The summed E-state index contributed by atoms with van der Waals surface area (Å²) in [6.07, 6.45) is 7.87. The standard InChI is InChI=1S/C13H18BrN3O/c1-10(18)17-5-2-3-11(4-6-17)7-12-8-16-13(14)9-15-12/h8-9,11H,2-7H2,1H3. The van der Waals surface area contributed by atoms with Crippen LogP contribution in [0.5, 0.6) is 0 Å². The molecule has 1 aliphatic rings. The molecule has 18 heavy (non-hydrogen) atoms. The number of rotatable bonds is 2. The molecule has 5 heteroatoms. The van der Waals surface area contributed by atoms with Crippen molar-refractivity contribution < 1.29 is 4.79 Å². The fourth-order valence-corrected chi connectivity index (χ4v) is 2.63. The molecule has 1 aromatic rings. The van der Waals surface area contributed by atoms with Crippen molar-refractivity contribution >= 4 is 21.8 Å². The summed E-state index contributed by atoms with van der Waals surface area (Å²) in [4.78, 5) is 21.9. The Balaban J connectivity index is 1.90. The van der Waals surface area contributed by atoms with Gasteiger partial charge in [0.15, 0.2) is 0 Å². The van der Waals surface area contributed by atoms with Crippen molar-refractivity contribution in [2.24, 2.45) is 5.92 Å². The Hall–Kier alpha value is -0.970. The van der Waals surface area contributed by atoms with Crippen LogP contribution in [0.25, 0.3) is 0 Å². The number of carbonyl (C=O) groups excluding carboxylic acids is 1. The lowest BCUT2D eigenvalue weighted by molar-refractivity contribution is -0.128. The van der Waals surface area contributed by atoms with Gasteiger partial charge in [-0.2, -0.15) is 0 Å². The SMILES string of the molecule is CC(=O)N1CCCC(Cc2cnc(Br)cn2)CC1. The highest BCUT2D eigenvalue weighted by atomic mass is 79.9. The Morgan fingerprint density at radius 2 is 2.22 bits per heavy atom. The molecule has 0 N–H and O–H groups in total. The van der Waals surface area contributed by atoms with E-state index >= 15 is 0 Å². The van der Waals surface area contributed by atoms with Crippen LogP contribution in [0.15, 0.2) is 17.0 Å². The molecule has 1 amide bonds. The number of carbonyl (C=O) groups is 1. The van der Waals surface area contributed by atoms with Gasteiger partial charge in [-0.1, -0.05) is 0 Å². The van der Waals surface area contributed by atoms with Crippen LogP contribution in [0.3, 0.4) is 0 Å². The summed E-state index contributed by atoms with van der Waals surface area (Å²) in [6.45, 7) is 3.43. The first-order chi connectivity index (χ1) is 8.65. The van der Waals surface area contributed by atoms with E-state index in [9.17, 15) is 4.79 Å². The van der Waals surface area contributed by atoms with Crippen molar-refractivity contribution in [1.82, 2.24) is 14.9 Å². The Labute approximate surface area is 116 Å². The number of amides is 1. The summed E-state index contributed by atoms with van der Waals surface area (Å²) in [7, 11) is 0. The van der Waals surface area contributed by atoms with E-state index < -0.39 is 0 Å². The maximum absolute atomic E-state index is 11.4. The largest absolute Gasteiger partial charge is 0.343 e. The van der Waals surface area contributed by atoms with Crippen LogP contribution >= 0.6 is 15.9 Å². The van der Waals surface area contributed by atoms with E-state index in [0.717, 1.165) is 42.6 Å². The molecule has 0 aliphatic carbocycles. The van der Waals surface area contributed by atoms with Crippen LogP contribution in [0.1, 0.15) is 31.9 Å². The quantitative estimate of drug-likeness (QED) is 0.842. The summed E-state index contributed by atoms with van der Waals surface area (Å²) < 4.78 is 0.773. The van der Waals surface area contributed by atoms with Crippen molar-refractivity contribution in [3.63, 3.8) is 0 Å². The highest BCUT2D eigenvalue weighted by molar-refractivity contribution is 9.10. The molecule has 0 aromatic carbocycles. The predicted molar refractivity (Wildman–Crippen MR) is 73.0 cm³/mol. The first kappa shape index (κ1) is 13.5. The van der Waals surface area contributed by atoms with Gasteiger partial charge in [0.1, 0.15) is 4.60 Å². The molecule has 1 unspecified atom stereocenters. The molecule has 98 valence electrons. The number of halogens is 1. The zero-order chi connectivity index (χ0) is 13.0. The fourth-order valence-electron chi connectivity index (χ4n) is 2.42. The zero-order valence-electron chi connectivity index (χ0n) is 10.6. The topological polar surface area (TPSA) is 46.1 Å². The van der Waals surface area contributed by atoms with Crippen molar-refractivity contribution in [3.8, 4) is 0 Å². The zero-order valence-corrected chi connectivity index (χ0v) is 12.2. The smallest absolute Gasteiger partial charge is 0.219 e. The van der Waals surface area contributed by atoms with Crippen LogP contribution in [0, 0.1) is 5.92 Å². The van der Waals surface area contributed by atoms with E-state index in [-0.39, 0.29) is 5.91 Å². The second-order valence-electron chi connectivity index (χ2n) is 4.84. The first-order valence-corrected chi connectivity index (χ1v) is 7.16. The molecule has 1 atom stereocenters. The predicted octanol–water partition coefficient (Wildman–Crippen LogP) is 2.43. The van der Waals surface area contributed by atoms with Crippen molar-refractivity contribution in [2.75, 3.05) is 13.1 Å². The van der Waals surface area contributed by atoms with Crippen LogP contribution in [-0.4, -0.2) is 33.9 Å². The third-order valence-electron chi connectivity index (χ3n) is 3.46. The Morgan fingerprint density at radius 1 is 1.39 bits per heavy atom. The molecule has 0 saturated carbocycles. The molecule has 0 radical (unpaired) electrons. The van der Waals surface area contributed by atoms with Crippen LogP contribution in [0.4, 0.5) is 0 Å². The van der Waals surface area contributed by atoms with Crippen molar-refractivity contribution in [1.29, 1.82) is 0 Å². The van der Waals surface area contributed by atoms with Gasteiger partial charge in [0, 0.05) is 26.2 Å². The number of hydrogen-bond donors (Lipinski definition) is 0. The lowest BCUT2D eigenvalue weighted by atomic mass is 9.95. The number of likely N-dealkylation sites (tertiary alicyclic amines) is 1. The minimum absolute atomic E-state index is 0.194. The number of nitrogens with zero attached hydrogens (tertiary/aromatic N) is 3. The van der Waals surface area contributed by atoms with Crippen LogP contribution in [0.2, 0.25) is 0 Å². The lowest BCUT2D eigenvalue weighted by Gasteiger charge is -2.18.